The molecule has 0 bridgehead atoms. The van der Waals surface area contributed by atoms with E-state index in [0.29, 0.717) is 16.9 Å². The summed E-state index contributed by atoms with van der Waals surface area (Å²) in [6.07, 6.45) is 3.32. The van der Waals surface area contributed by atoms with Crippen molar-refractivity contribution in [2.24, 2.45) is 0 Å². The Morgan fingerprint density at radius 3 is 3.00 bits per heavy atom. The Morgan fingerprint density at radius 2 is 2.23 bits per heavy atom. The molecule has 1 atom stereocenters. The second-order valence-electron chi connectivity index (χ2n) is 5.84. The van der Waals surface area contributed by atoms with E-state index in [9.17, 15) is 4.79 Å². The summed E-state index contributed by atoms with van der Waals surface area (Å²) >= 11 is 3.76. The van der Waals surface area contributed by atoms with Gasteiger partial charge in [-0.2, -0.15) is 11.8 Å². The van der Waals surface area contributed by atoms with Crippen LogP contribution in [0.2, 0.25) is 0 Å². The van der Waals surface area contributed by atoms with Crippen LogP contribution in [0, 0.1) is 0 Å². The summed E-state index contributed by atoms with van der Waals surface area (Å²) in [6, 6.07) is 6.14. The number of hydrogen-bond acceptors (Lipinski definition) is 5. The molecular weight excluding hydrogens is 316 g/mol. The maximum absolute atomic E-state index is 12.6. The SMILES string of the molecule is O=C(c1cc(C2CC2)on1)N1CCSC(c2cccs2)CC1. The molecule has 1 aliphatic carbocycles. The molecule has 1 saturated heterocycles. The summed E-state index contributed by atoms with van der Waals surface area (Å²) in [7, 11) is 0. The highest BCUT2D eigenvalue weighted by Gasteiger charge is 2.30. The first-order valence-electron chi connectivity index (χ1n) is 7.72. The van der Waals surface area contributed by atoms with E-state index >= 15 is 0 Å². The first-order valence-corrected chi connectivity index (χ1v) is 9.65. The lowest BCUT2D eigenvalue weighted by Crippen LogP contribution is -2.33. The molecule has 3 heterocycles. The summed E-state index contributed by atoms with van der Waals surface area (Å²) in [5.41, 5.74) is 0.474. The molecule has 1 aliphatic heterocycles. The number of thiophene rings is 1. The molecule has 1 saturated carbocycles. The van der Waals surface area contributed by atoms with Crippen LogP contribution in [0.4, 0.5) is 0 Å². The van der Waals surface area contributed by atoms with Crippen LogP contribution in [0.1, 0.15) is 51.6 Å². The van der Waals surface area contributed by atoms with Crippen LogP contribution in [-0.4, -0.2) is 34.8 Å². The molecule has 4 rings (SSSR count). The molecule has 2 aliphatic rings. The zero-order valence-corrected chi connectivity index (χ0v) is 13.9. The van der Waals surface area contributed by atoms with Gasteiger partial charge in [-0.15, -0.1) is 11.3 Å². The molecule has 2 fully saturated rings. The Labute approximate surface area is 137 Å². The van der Waals surface area contributed by atoms with Crippen molar-refractivity contribution in [2.45, 2.75) is 30.4 Å². The minimum atomic E-state index is 0.0167. The number of carbonyl (C=O) groups is 1. The fourth-order valence-corrected chi connectivity index (χ4v) is 5.02. The van der Waals surface area contributed by atoms with Crippen LogP contribution in [0.15, 0.2) is 28.1 Å². The Hall–Kier alpha value is -1.27. The van der Waals surface area contributed by atoms with E-state index in [-0.39, 0.29) is 5.91 Å². The van der Waals surface area contributed by atoms with E-state index in [2.05, 4.69) is 22.7 Å². The third-order valence-corrected chi connectivity index (χ3v) is 6.66. The minimum absolute atomic E-state index is 0.0167. The van der Waals surface area contributed by atoms with Gasteiger partial charge in [-0.05, 0) is 30.7 Å². The van der Waals surface area contributed by atoms with Crippen molar-refractivity contribution in [1.29, 1.82) is 0 Å². The van der Waals surface area contributed by atoms with E-state index in [4.69, 9.17) is 4.52 Å². The maximum Gasteiger partial charge on any atom is 0.276 e. The molecule has 0 aromatic carbocycles. The van der Waals surface area contributed by atoms with Crippen LogP contribution in [0.3, 0.4) is 0 Å². The van der Waals surface area contributed by atoms with Crippen LogP contribution >= 0.6 is 23.1 Å². The molecule has 2 aromatic rings. The monoisotopic (exact) mass is 334 g/mol. The molecule has 116 valence electrons. The Balaban J connectivity index is 1.42. The van der Waals surface area contributed by atoms with E-state index in [0.717, 1.165) is 43.9 Å². The first-order chi connectivity index (χ1) is 10.8. The molecule has 1 unspecified atom stereocenters. The average molecular weight is 334 g/mol. The lowest BCUT2D eigenvalue weighted by Gasteiger charge is -2.18. The van der Waals surface area contributed by atoms with E-state index in [1.54, 1.807) is 11.3 Å². The Bertz CT molecular complexity index is 649. The van der Waals surface area contributed by atoms with Crippen molar-refractivity contribution in [3.8, 4) is 0 Å². The normalized spacial score (nSPS) is 22.5. The van der Waals surface area contributed by atoms with Gasteiger partial charge in [0, 0.05) is 41.0 Å². The van der Waals surface area contributed by atoms with Crippen molar-refractivity contribution < 1.29 is 9.32 Å². The van der Waals surface area contributed by atoms with Gasteiger partial charge in [-0.3, -0.25) is 4.79 Å². The summed E-state index contributed by atoms with van der Waals surface area (Å²) in [6.45, 7) is 1.58. The Morgan fingerprint density at radius 1 is 1.32 bits per heavy atom. The molecule has 0 spiro atoms. The van der Waals surface area contributed by atoms with Gasteiger partial charge in [0.05, 0.1) is 0 Å². The van der Waals surface area contributed by atoms with Crippen molar-refractivity contribution in [3.63, 3.8) is 0 Å². The number of aromatic nitrogens is 1. The zero-order valence-electron chi connectivity index (χ0n) is 12.2. The maximum atomic E-state index is 12.6. The van der Waals surface area contributed by atoms with Crippen molar-refractivity contribution in [1.82, 2.24) is 10.1 Å². The quantitative estimate of drug-likeness (QED) is 0.853. The number of rotatable bonds is 3. The molecule has 0 N–H and O–H groups in total. The van der Waals surface area contributed by atoms with Gasteiger partial charge >= 0.3 is 0 Å². The number of carbonyl (C=O) groups excluding carboxylic acids is 1. The van der Waals surface area contributed by atoms with Gasteiger partial charge < -0.3 is 9.42 Å². The number of thioether (sulfide) groups is 1. The van der Waals surface area contributed by atoms with Crippen molar-refractivity contribution >= 4 is 29.0 Å². The predicted molar refractivity (Wildman–Crippen MR) is 88.5 cm³/mol. The third kappa shape index (κ3) is 2.94. The highest BCUT2D eigenvalue weighted by Crippen LogP contribution is 2.40. The molecule has 4 nitrogen and oxygen atoms in total. The largest absolute Gasteiger partial charge is 0.360 e. The highest BCUT2D eigenvalue weighted by molar-refractivity contribution is 7.99. The number of amides is 1. The van der Waals surface area contributed by atoms with Gasteiger partial charge in [0.2, 0.25) is 0 Å². The van der Waals surface area contributed by atoms with Crippen LogP contribution in [0.25, 0.3) is 0 Å². The average Bonchev–Trinajstić information content (AvgIpc) is 3.11. The Kier molecular flexibility index (Phi) is 3.96. The number of hydrogen-bond donors (Lipinski definition) is 0. The van der Waals surface area contributed by atoms with Gasteiger partial charge in [0.15, 0.2) is 5.69 Å². The second kappa shape index (κ2) is 6.08. The zero-order chi connectivity index (χ0) is 14.9. The first kappa shape index (κ1) is 14.3. The third-order valence-electron chi connectivity index (χ3n) is 4.22. The molecular formula is C16H18N2O2S2. The summed E-state index contributed by atoms with van der Waals surface area (Å²) in [5.74, 6) is 2.37. The topological polar surface area (TPSA) is 46.3 Å². The number of nitrogens with zero attached hydrogens (tertiary/aromatic N) is 2. The summed E-state index contributed by atoms with van der Waals surface area (Å²) in [5, 5.41) is 6.62. The van der Waals surface area contributed by atoms with Crippen LogP contribution in [-0.2, 0) is 0 Å². The summed E-state index contributed by atoms with van der Waals surface area (Å²) in [4.78, 5) is 15.9. The molecule has 22 heavy (non-hydrogen) atoms. The fraction of sp³-hybridized carbons (Fsp3) is 0.500. The minimum Gasteiger partial charge on any atom is -0.360 e. The van der Waals surface area contributed by atoms with Crippen molar-refractivity contribution in [2.75, 3.05) is 18.8 Å². The predicted octanol–water partition coefficient (Wildman–Crippen LogP) is 3.93. The van der Waals surface area contributed by atoms with Gasteiger partial charge in [-0.1, -0.05) is 11.2 Å². The molecule has 1 amide bonds. The smallest absolute Gasteiger partial charge is 0.276 e. The van der Waals surface area contributed by atoms with Crippen LogP contribution < -0.4 is 0 Å². The van der Waals surface area contributed by atoms with E-state index < -0.39 is 0 Å². The fourth-order valence-electron chi connectivity index (χ4n) is 2.79. The molecule has 0 radical (unpaired) electrons. The lowest BCUT2D eigenvalue weighted by molar-refractivity contribution is 0.0756. The van der Waals surface area contributed by atoms with Crippen LogP contribution in [0.5, 0.6) is 0 Å². The van der Waals surface area contributed by atoms with Gasteiger partial charge in [0.1, 0.15) is 5.76 Å². The molecule has 2 aromatic heterocycles. The van der Waals surface area contributed by atoms with Gasteiger partial charge in [-0.25, -0.2) is 0 Å². The molecule has 6 heteroatoms. The van der Waals surface area contributed by atoms with E-state index in [1.807, 2.05) is 22.7 Å². The second-order valence-corrected chi connectivity index (χ2v) is 8.13. The summed E-state index contributed by atoms with van der Waals surface area (Å²) < 4.78 is 5.31. The lowest BCUT2D eigenvalue weighted by atomic mass is 10.2. The highest BCUT2D eigenvalue weighted by atomic mass is 32.2. The van der Waals surface area contributed by atoms with Crippen molar-refractivity contribution in [3.05, 3.63) is 39.9 Å². The van der Waals surface area contributed by atoms with E-state index in [1.165, 1.54) is 4.88 Å². The standard InChI is InChI=1S/C16H18N2O2S2/c19-16(12-10-13(20-17-12)11-3-4-11)18-6-5-15(22-9-7-18)14-2-1-8-21-14/h1-2,8,10-11,15H,3-7,9H2. The van der Waals surface area contributed by atoms with Gasteiger partial charge in [0.25, 0.3) is 5.91 Å².